The number of benzene rings is 3. The van der Waals surface area contributed by atoms with Crippen molar-refractivity contribution in [1.82, 2.24) is 19.7 Å². The summed E-state index contributed by atoms with van der Waals surface area (Å²) < 4.78 is 12.4. The van der Waals surface area contributed by atoms with Gasteiger partial charge in [0.2, 0.25) is 0 Å². The van der Waals surface area contributed by atoms with Crippen molar-refractivity contribution in [2.45, 2.75) is 57.8 Å². The van der Waals surface area contributed by atoms with Gasteiger partial charge >= 0.3 is 5.76 Å². The number of nitrogens with zero attached hydrogens (tertiary/aromatic N) is 3. The minimum absolute atomic E-state index is 0.0135. The summed E-state index contributed by atoms with van der Waals surface area (Å²) in [5.74, 6) is 1.81. The lowest BCUT2D eigenvalue weighted by molar-refractivity contribution is 0.357. The Morgan fingerprint density at radius 3 is 2.62 bits per heavy atom. The van der Waals surface area contributed by atoms with Crippen LogP contribution in [0.5, 0.6) is 5.75 Å². The van der Waals surface area contributed by atoms with E-state index >= 15 is 0 Å². The Hall–Kier alpha value is -4.72. The van der Waals surface area contributed by atoms with Crippen LogP contribution in [-0.4, -0.2) is 26.3 Å². The number of hydrogen-bond acceptors (Lipinski definition) is 6. The van der Waals surface area contributed by atoms with Crippen LogP contribution in [0.25, 0.3) is 28.2 Å². The molecule has 0 spiro atoms. The van der Waals surface area contributed by atoms with Gasteiger partial charge in [-0.15, -0.1) is 0 Å². The van der Waals surface area contributed by atoms with Crippen molar-refractivity contribution >= 4 is 0 Å². The van der Waals surface area contributed by atoms with Gasteiger partial charge in [-0.25, -0.2) is 9.78 Å². The number of aryl methyl sites for hydroxylation is 1. The number of nitrogens with one attached hydrogen (secondary N) is 1. The maximum Gasteiger partial charge on any atom is 0.439 e. The van der Waals surface area contributed by atoms with Crippen LogP contribution < -0.4 is 16.1 Å². The van der Waals surface area contributed by atoms with Crippen LogP contribution in [0, 0.1) is 0 Å². The predicted molar refractivity (Wildman–Crippen MR) is 160 cm³/mol. The summed E-state index contributed by atoms with van der Waals surface area (Å²) >= 11 is 0. The normalized spacial score (nSPS) is 14.1. The fourth-order valence-electron chi connectivity index (χ4n) is 5.84. The molecule has 0 amide bonds. The van der Waals surface area contributed by atoms with E-state index in [0.717, 1.165) is 89.3 Å². The molecule has 0 saturated heterocycles. The first-order chi connectivity index (χ1) is 20.6. The van der Waals surface area contributed by atoms with Gasteiger partial charge in [-0.05, 0) is 72.2 Å². The van der Waals surface area contributed by atoms with E-state index in [2.05, 4.69) is 23.1 Å². The van der Waals surface area contributed by atoms with Crippen LogP contribution in [0.1, 0.15) is 66.7 Å². The average molecular weight is 561 g/mol. The fourth-order valence-corrected chi connectivity index (χ4v) is 5.84. The molecule has 3 heterocycles. The summed E-state index contributed by atoms with van der Waals surface area (Å²) in [7, 11) is 0. The van der Waals surface area contributed by atoms with E-state index in [0.29, 0.717) is 30.3 Å². The van der Waals surface area contributed by atoms with Gasteiger partial charge < -0.3 is 4.74 Å². The van der Waals surface area contributed by atoms with Gasteiger partial charge in [0.25, 0.3) is 5.56 Å². The highest BCUT2D eigenvalue weighted by Crippen LogP contribution is 2.40. The molecule has 0 radical (unpaired) electrons. The second kappa shape index (κ2) is 10.9. The molecule has 1 aliphatic carbocycles. The van der Waals surface area contributed by atoms with Crippen molar-refractivity contribution in [2.75, 3.05) is 6.61 Å². The third-order valence-corrected chi connectivity index (χ3v) is 8.17. The smallest absolute Gasteiger partial charge is 0.439 e. The Bertz CT molecular complexity index is 1880. The molecule has 1 aliphatic heterocycles. The van der Waals surface area contributed by atoms with E-state index < -0.39 is 5.76 Å². The predicted octanol–water partition coefficient (Wildman–Crippen LogP) is 5.99. The molecule has 0 bridgehead atoms. The van der Waals surface area contributed by atoms with Gasteiger partial charge in [-0.1, -0.05) is 61.0 Å². The zero-order chi connectivity index (χ0) is 28.6. The first-order valence-electron chi connectivity index (χ1n) is 14.7. The SMILES string of the molecule is CCCCc1nc(C2CC2)n(-c2ccc3c(c2)CCO3)c(=O)c1Cc1ccc(-c2ccccc2)c(-c2noc(=O)[nH]2)c1. The molecule has 7 rings (SSSR count). The molecule has 42 heavy (non-hydrogen) atoms. The lowest BCUT2D eigenvalue weighted by Crippen LogP contribution is -2.29. The molecule has 1 fully saturated rings. The summed E-state index contributed by atoms with van der Waals surface area (Å²) in [5.41, 5.74) is 7.12. The lowest BCUT2D eigenvalue weighted by atomic mass is 9.94. The third kappa shape index (κ3) is 4.98. The van der Waals surface area contributed by atoms with Gasteiger partial charge in [-0.3, -0.25) is 18.9 Å². The standard InChI is InChI=1S/C34H32N4O4/c1-2-3-9-29-28(33(39)38(32(35-29)23-11-12-23)25-13-15-30-24(20-25)16-17-41-30)19-21-10-14-26(22-7-5-4-6-8-22)27(18-21)31-36-34(40)42-37-31/h4-8,10,13-15,18,20,23H,2-3,9,11-12,16-17,19H2,1H3,(H,36,37,40). The number of H-pyrrole nitrogens is 1. The van der Waals surface area contributed by atoms with Crippen molar-refractivity contribution in [3.05, 3.63) is 116 Å². The number of aromatic nitrogens is 4. The highest BCUT2D eigenvalue weighted by atomic mass is 16.5. The Labute approximate surface area is 243 Å². The molecule has 8 nitrogen and oxygen atoms in total. The summed E-state index contributed by atoms with van der Waals surface area (Å²) in [4.78, 5) is 34.2. The maximum atomic E-state index is 14.5. The molecule has 0 atom stereocenters. The van der Waals surface area contributed by atoms with Gasteiger partial charge in [0.15, 0.2) is 5.82 Å². The van der Waals surface area contributed by atoms with Crippen molar-refractivity contribution in [2.24, 2.45) is 0 Å². The summed E-state index contributed by atoms with van der Waals surface area (Å²) in [5, 5.41) is 3.98. The Kier molecular flexibility index (Phi) is 6.82. The molecule has 2 aliphatic rings. The number of ether oxygens (including phenoxy) is 1. The number of aromatic amines is 1. The summed E-state index contributed by atoms with van der Waals surface area (Å²) in [6.45, 7) is 2.82. The van der Waals surface area contributed by atoms with Gasteiger partial charge in [0, 0.05) is 29.9 Å². The highest BCUT2D eigenvalue weighted by Gasteiger charge is 2.31. The molecule has 5 aromatic rings. The van der Waals surface area contributed by atoms with Gasteiger partial charge in [-0.2, -0.15) is 0 Å². The molecule has 2 aromatic heterocycles. The molecule has 8 heteroatoms. The van der Waals surface area contributed by atoms with Crippen LogP contribution in [0.4, 0.5) is 0 Å². The number of rotatable bonds is 9. The Morgan fingerprint density at radius 1 is 1.00 bits per heavy atom. The van der Waals surface area contributed by atoms with Crippen LogP contribution in [0.15, 0.2) is 80.8 Å². The Balaban J connectivity index is 1.37. The van der Waals surface area contributed by atoms with E-state index in [-0.39, 0.29) is 5.56 Å². The first kappa shape index (κ1) is 26.2. The van der Waals surface area contributed by atoms with E-state index in [1.807, 2.05) is 65.2 Å². The monoisotopic (exact) mass is 560 g/mol. The van der Waals surface area contributed by atoms with Crippen molar-refractivity contribution in [1.29, 1.82) is 0 Å². The lowest BCUT2D eigenvalue weighted by Gasteiger charge is -2.18. The van der Waals surface area contributed by atoms with E-state index in [1.54, 1.807) is 0 Å². The molecule has 212 valence electrons. The van der Waals surface area contributed by atoms with Crippen LogP contribution in [-0.2, 0) is 19.3 Å². The Morgan fingerprint density at radius 2 is 1.86 bits per heavy atom. The molecule has 1 N–H and O–H groups in total. The average Bonchev–Trinajstić information content (AvgIpc) is 3.60. The molecule has 0 unspecified atom stereocenters. The zero-order valence-electron chi connectivity index (χ0n) is 23.6. The van der Waals surface area contributed by atoms with Gasteiger partial charge in [0.1, 0.15) is 11.6 Å². The third-order valence-electron chi connectivity index (χ3n) is 8.17. The van der Waals surface area contributed by atoms with E-state index in [4.69, 9.17) is 14.2 Å². The van der Waals surface area contributed by atoms with Crippen molar-refractivity contribution < 1.29 is 9.26 Å². The fraction of sp³-hybridized carbons (Fsp3) is 0.294. The minimum atomic E-state index is -0.612. The van der Waals surface area contributed by atoms with Crippen LogP contribution >= 0.6 is 0 Å². The van der Waals surface area contributed by atoms with Gasteiger partial charge in [0.05, 0.1) is 18.0 Å². The topological polar surface area (TPSA) is 103 Å². The second-order valence-corrected chi connectivity index (χ2v) is 11.2. The van der Waals surface area contributed by atoms with Crippen LogP contribution in [0.3, 0.4) is 0 Å². The van der Waals surface area contributed by atoms with Crippen molar-refractivity contribution in [3.63, 3.8) is 0 Å². The number of fused-ring (bicyclic) bond motifs is 1. The summed E-state index contributed by atoms with van der Waals surface area (Å²) in [6.07, 6.45) is 6.08. The van der Waals surface area contributed by atoms with Crippen LogP contribution in [0.2, 0.25) is 0 Å². The molecule has 3 aromatic carbocycles. The van der Waals surface area contributed by atoms with E-state index in [1.165, 1.54) is 0 Å². The molecular formula is C34H32N4O4. The zero-order valence-corrected chi connectivity index (χ0v) is 23.6. The highest BCUT2D eigenvalue weighted by molar-refractivity contribution is 5.81. The van der Waals surface area contributed by atoms with Crippen molar-refractivity contribution in [3.8, 4) is 34.0 Å². The molecular weight excluding hydrogens is 528 g/mol. The maximum absolute atomic E-state index is 14.5. The second-order valence-electron chi connectivity index (χ2n) is 11.2. The van der Waals surface area contributed by atoms with E-state index in [9.17, 15) is 9.59 Å². The minimum Gasteiger partial charge on any atom is -0.493 e. The largest absolute Gasteiger partial charge is 0.493 e. The first-order valence-corrected chi connectivity index (χ1v) is 14.7. The summed E-state index contributed by atoms with van der Waals surface area (Å²) in [6, 6.07) is 22.0. The number of hydrogen-bond donors (Lipinski definition) is 1. The quantitative estimate of drug-likeness (QED) is 0.238. The molecule has 1 saturated carbocycles. The number of unbranched alkanes of at least 4 members (excludes halogenated alkanes) is 1.